The van der Waals surface area contributed by atoms with Crippen LogP contribution in [0.4, 0.5) is 4.79 Å². The molecule has 0 spiro atoms. The molecule has 100 valence electrons. The molecule has 0 aliphatic carbocycles. The Bertz CT molecular complexity index is 523. The van der Waals surface area contributed by atoms with E-state index < -0.39 is 0 Å². The Hall–Kier alpha value is -1.94. The zero-order valence-electron chi connectivity index (χ0n) is 10.5. The van der Waals surface area contributed by atoms with E-state index in [2.05, 4.69) is 10.6 Å². The Morgan fingerprint density at radius 2 is 2.05 bits per heavy atom. The molecule has 0 fully saturated rings. The van der Waals surface area contributed by atoms with Crippen molar-refractivity contribution in [2.75, 3.05) is 0 Å². The molecule has 2 aromatic rings. The number of furan rings is 1. The second-order valence-electron chi connectivity index (χ2n) is 4.18. The molecule has 0 aliphatic rings. The van der Waals surface area contributed by atoms with Crippen LogP contribution in [0, 0.1) is 0 Å². The topological polar surface area (TPSA) is 54.3 Å². The molecule has 1 aromatic heterocycles. The average Bonchev–Trinajstić information content (AvgIpc) is 2.90. The van der Waals surface area contributed by atoms with Crippen molar-refractivity contribution in [1.82, 2.24) is 10.6 Å². The summed E-state index contributed by atoms with van der Waals surface area (Å²) in [5.74, 6) is 0.717. The third kappa shape index (κ3) is 4.03. The van der Waals surface area contributed by atoms with Crippen LogP contribution in [0.1, 0.15) is 24.3 Å². The van der Waals surface area contributed by atoms with Crippen molar-refractivity contribution in [3.8, 4) is 0 Å². The first-order valence-corrected chi connectivity index (χ1v) is 6.35. The van der Waals surface area contributed by atoms with E-state index in [0.29, 0.717) is 17.3 Å². The van der Waals surface area contributed by atoms with Crippen LogP contribution in [-0.4, -0.2) is 6.03 Å². The molecule has 0 bridgehead atoms. The number of urea groups is 1. The molecule has 2 amide bonds. The number of nitrogens with one attached hydrogen (secondary N) is 2. The molecule has 1 heterocycles. The van der Waals surface area contributed by atoms with Gasteiger partial charge in [0, 0.05) is 5.02 Å². The Morgan fingerprint density at radius 1 is 1.32 bits per heavy atom. The monoisotopic (exact) mass is 278 g/mol. The predicted molar refractivity (Wildman–Crippen MR) is 73.9 cm³/mol. The van der Waals surface area contributed by atoms with Crippen LogP contribution in [-0.2, 0) is 6.54 Å². The van der Waals surface area contributed by atoms with Crippen LogP contribution in [0.15, 0.2) is 47.1 Å². The van der Waals surface area contributed by atoms with Gasteiger partial charge in [-0.2, -0.15) is 0 Å². The minimum atomic E-state index is -0.237. The van der Waals surface area contributed by atoms with Gasteiger partial charge in [-0.3, -0.25) is 0 Å². The van der Waals surface area contributed by atoms with Gasteiger partial charge in [0.1, 0.15) is 5.76 Å². The maximum atomic E-state index is 11.7. The van der Waals surface area contributed by atoms with Crippen LogP contribution in [0.25, 0.3) is 0 Å². The van der Waals surface area contributed by atoms with E-state index in [9.17, 15) is 4.79 Å². The summed E-state index contributed by atoms with van der Waals surface area (Å²) in [6, 6.07) is 10.6. The standard InChI is InChI=1S/C14H15ClN2O2/c1-10(11-4-6-12(15)7-5-11)17-14(18)16-9-13-3-2-8-19-13/h2-8,10H,9H2,1H3,(H2,16,17,18). The Labute approximate surface area is 116 Å². The molecular formula is C14H15ClN2O2. The van der Waals surface area contributed by atoms with Crippen molar-refractivity contribution in [2.24, 2.45) is 0 Å². The maximum absolute atomic E-state index is 11.7. The summed E-state index contributed by atoms with van der Waals surface area (Å²) >= 11 is 5.82. The summed E-state index contributed by atoms with van der Waals surface area (Å²) in [7, 11) is 0. The summed E-state index contributed by atoms with van der Waals surface area (Å²) in [6.45, 7) is 2.28. The summed E-state index contributed by atoms with van der Waals surface area (Å²) in [5.41, 5.74) is 0.998. The minimum absolute atomic E-state index is 0.0890. The predicted octanol–water partition coefficient (Wildman–Crippen LogP) is 3.49. The fraction of sp³-hybridized carbons (Fsp3) is 0.214. The summed E-state index contributed by atoms with van der Waals surface area (Å²) in [5, 5.41) is 6.25. The molecule has 4 nitrogen and oxygen atoms in total. The van der Waals surface area contributed by atoms with Gasteiger partial charge in [0.05, 0.1) is 18.8 Å². The van der Waals surface area contributed by atoms with E-state index in [0.717, 1.165) is 5.56 Å². The maximum Gasteiger partial charge on any atom is 0.315 e. The minimum Gasteiger partial charge on any atom is -0.467 e. The molecule has 2 N–H and O–H groups in total. The lowest BCUT2D eigenvalue weighted by Gasteiger charge is -2.14. The van der Waals surface area contributed by atoms with E-state index in [1.54, 1.807) is 24.5 Å². The first-order valence-electron chi connectivity index (χ1n) is 5.97. The molecule has 0 saturated carbocycles. The Kier molecular flexibility index (Phi) is 4.47. The van der Waals surface area contributed by atoms with Crippen molar-refractivity contribution in [1.29, 1.82) is 0 Å². The van der Waals surface area contributed by atoms with Crippen LogP contribution in [0.3, 0.4) is 0 Å². The van der Waals surface area contributed by atoms with E-state index in [4.69, 9.17) is 16.0 Å². The van der Waals surface area contributed by atoms with Crippen molar-refractivity contribution in [2.45, 2.75) is 19.5 Å². The zero-order chi connectivity index (χ0) is 13.7. The fourth-order valence-corrected chi connectivity index (χ4v) is 1.79. The largest absolute Gasteiger partial charge is 0.467 e. The number of carbonyl (C=O) groups excluding carboxylic acids is 1. The van der Waals surface area contributed by atoms with E-state index >= 15 is 0 Å². The number of amides is 2. The van der Waals surface area contributed by atoms with Crippen LogP contribution >= 0.6 is 11.6 Å². The van der Waals surface area contributed by atoms with E-state index in [-0.39, 0.29) is 12.1 Å². The molecule has 1 unspecified atom stereocenters. The first kappa shape index (κ1) is 13.5. The summed E-state index contributed by atoms with van der Waals surface area (Å²) in [6.07, 6.45) is 1.57. The van der Waals surface area contributed by atoms with Crippen molar-refractivity contribution < 1.29 is 9.21 Å². The second-order valence-corrected chi connectivity index (χ2v) is 4.62. The van der Waals surface area contributed by atoms with Gasteiger partial charge in [-0.05, 0) is 36.8 Å². The van der Waals surface area contributed by atoms with Gasteiger partial charge in [-0.25, -0.2) is 4.79 Å². The fourth-order valence-electron chi connectivity index (χ4n) is 1.66. The van der Waals surface area contributed by atoms with Gasteiger partial charge in [-0.1, -0.05) is 23.7 Å². The molecule has 5 heteroatoms. The Balaban J connectivity index is 1.83. The van der Waals surface area contributed by atoms with Crippen molar-refractivity contribution in [3.05, 3.63) is 59.0 Å². The van der Waals surface area contributed by atoms with Crippen LogP contribution in [0.5, 0.6) is 0 Å². The highest BCUT2D eigenvalue weighted by Crippen LogP contribution is 2.15. The number of hydrogen-bond donors (Lipinski definition) is 2. The van der Waals surface area contributed by atoms with Crippen molar-refractivity contribution >= 4 is 17.6 Å². The van der Waals surface area contributed by atoms with E-state index in [1.165, 1.54) is 0 Å². The zero-order valence-corrected chi connectivity index (χ0v) is 11.3. The quantitative estimate of drug-likeness (QED) is 0.899. The lowest BCUT2D eigenvalue weighted by molar-refractivity contribution is 0.236. The molecule has 0 saturated heterocycles. The smallest absolute Gasteiger partial charge is 0.315 e. The number of hydrogen-bond acceptors (Lipinski definition) is 2. The van der Waals surface area contributed by atoms with Gasteiger partial charge < -0.3 is 15.1 Å². The molecular weight excluding hydrogens is 264 g/mol. The third-order valence-electron chi connectivity index (χ3n) is 2.72. The molecule has 0 radical (unpaired) electrons. The first-order chi connectivity index (χ1) is 9.15. The molecule has 0 aliphatic heterocycles. The summed E-state index contributed by atoms with van der Waals surface area (Å²) in [4.78, 5) is 11.7. The lowest BCUT2D eigenvalue weighted by Crippen LogP contribution is -2.36. The van der Waals surface area contributed by atoms with Crippen LogP contribution < -0.4 is 10.6 Å². The van der Waals surface area contributed by atoms with Crippen molar-refractivity contribution in [3.63, 3.8) is 0 Å². The number of rotatable bonds is 4. The average molecular weight is 279 g/mol. The molecule has 1 atom stereocenters. The SMILES string of the molecule is CC(NC(=O)NCc1ccco1)c1ccc(Cl)cc1. The highest BCUT2D eigenvalue weighted by Gasteiger charge is 2.09. The third-order valence-corrected chi connectivity index (χ3v) is 2.97. The Morgan fingerprint density at radius 3 is 2.68 bits per heavy atom. The van der Waals surface area contributed by atoms with Gasteiger partial charge in [-0.15, -0.1) is 0 Å². The van der Waals surface area contributed by atoms with Gasteiger partial charge in [0.2, 0.25) is 0 Å². The van der Waals surface area contributed by atoms with E-state index in [1.807, 2.05) is 25.1 Å². The normalized spacial score (nSPS) is 11.9. The number of benzene rings is 1. The highest BCUT2D eigenvalue weighted by atomic mass is 35.5. The van der Waals surface area contributed by atoms with Gasteiger partial charge >= 0.3 is 6.03 Å². The van der Waals surface area contributed by atoms with Gasteiger partial charge in [0.15, 0.2) is 0 Å². The lowest BCUT2D eigenvalue weighted by atomic mass is 10.1. The molecule has 1 aromatic carbocycles. The molecule has 19 heavy (non-hydrogen) atoms. The molecule has 2 rings (SSSR count). The second kappa shape index (κ2) is 6.29. The number of halogens is 1. The number of carbonyl (C=O) groups is 1. The van der Waals surface area contributed by atoms with Crippen LogP contribution in [0.2, 0.25) is 5.02 Å². The van der Waals surface area contributed by atoms with Gasteiger partial charge in [0.25, 0.3) is 0 Å². The summed E-state index contributed by atoms with van der Waals surface area (Å²) < 4.78 is 5.13. The highest BCUT2D eigenvalue weighted by molar-refractivity contribution is 6.30.